The lowest BCUT2D eigenvalue weighted by Crippen LogP contribution is -2.27. The van der Waals surface area contributed by atoms with Crippen molar-refractivity contribution >= 4 is 17.5 Å². The van der Waals surface area contributed by atoms with E-state index >= 15 is 0 Å². The zero-order chi connectivity index (χ0) is 17.1. The molecule has 0 aliphatic rings. The molecule has 0 aliphatic heterocycles. The van der Waals surface area contributed by atoms with E-state index in [9.17, 15) is 9.18 Å². The summed E-state index contributed by atoms with van der Waals surface area (Å²) in [5.74, 6) is -0.694. The number of carbonyl (C=O) groups excluding carboxylic acids is 1. The summed E-state index contributed by atoms with van der Waals surface area (Å²) in [6.45, 7) is 1.88. The van der Waals surface area contributed by atoms with Crippen molar-refractivity contribution in [3.8, 4) is 11.3 Å². The summed E-state index contributed by atoms with van der Waals surface area (Å²) in [6, 6.07) is 9.81. The second-order valence-corrected chi connectivity index (χ2v) is 5.54. The molecule has 0 atom stereocenters. The molecular formula is C17H14ClFN3O2+. The van der Waals surface area contributed by atoms with Gasteiger partial charge in [0.1, 0.15) is 29.4 Å². The van der Waals surface area contributed by atoms with Gasteiger partial charge in [-0.25, -0.2) is 9.37 Å². The van der Waals surface area contributed by atoms with E-state index in [0.29, 0.717) is 5.76 Å². The van der Waals surface area contributed by atoms with Crippen LogP contribution in [0.3, 0.4) is 0 Å². The number of pyridine rings is 1. The number of H-pyrrole nitrogens is 1. The van der Waals surface area contributed by atoms with Crippen LogP contribution < -0.4 is 10.3 Å². The first-order chi connectivity index (χ1) is 11.6. The average molecular weight is 347 g/mol. The van der Waals surface area contributed by atoms with Crippen molar-refractivity contribution in [1.82, 2.24) is 10.5 Å². The predicted octanol–water partition coefficient (Wildman–Crippen LogP) is 3.19. The summed E-state index contributed by atoms with van der Waals surface area (Å²) in [5, 5.41) is 6.73. The number of carbonyl (C=O) groups is 1. The van der Waals surface area contributed by atoms with Crippen LogP contribution in [0.2, 0.25) is 5.02 Å². The number of aryl methyl sites for hydroxylation is 1. The summed E-state index contributed by atoms with van der Waals surface area (Å²) in [7, 11) is 0. The topological polar surface area (TPSA) is 69.3 Å². The van der Waals surface area contributed by atoms with Gasteiger partial charge in [0.15, 0.2) is 11.9 Å². The lowest BCUT2D eigenvalue weighted by molar-refractivity contribution is -0.390. The van der Waals surface area contributed by atoms with E-state index in [2.05, 4.69) is 15.5 Å². The standard InChI is InChI=1S/C17H13ClFN3O2/c1-10-14(17(23)21-9-11-5-2-3-8-20-11)16(22-24-10)15-12(18)6-4-7-13(15)19/h2-8H,9H2,1H3,(H,21,23)/p+1. The van der Waals surface area contributed by atoms with E-state index in [1.54, 1.807) is 13.1 Å². The predicted molar refractivity (Wildman–Crippen MR) is 85.8 cm³/mol. The molecule has 2 N–H and O–H groups in total. The Hall–Kier alpha value is -2.73. The first-order valence-corrected chi connectivity index (χ1v) is 7.60. The fourth-order valence-corrected chi connectivity index (χ4v) is 2.59. The molecule has 2 aromatic heterocycles. The molecule has 2 heterocycles. The van der Waals surface area contributed by atoms with Crippen molar-refractivity contribution in [3.63, 3.8) is 0 Å². The van der Waals surface area contributed by atoms with Crippen LogP contribution in [0.4, 0.5) is 4.39 Å². The molecule has 1 amide bonds. The van der Waals surface area contributed by atoms with Gasteiger partial charge in [-0.3, -0.25) is 4.79 Å². The van der Waals surface area contributed by atoms with E-state index in [0.717, 1.165) is 5.69 Å². The molecule has 0 aliphatic carbocycles. The third-order valence-electron chi connectivity index (χ3n) is 3.50. The minimum atomic E-state index is -0.568. The van der Waals surface area contributed by atoms with E-state index in [4.69, 9.17) is 16.1 Å². The molecule has 0 fully saturated rings. The fraction of sp³-hybridized carbons (Fsp3) is 0.118. The number of amides is 1. The molecule has 122 valence electrons. The quantitative estimate of drug-likeness (QED) is 0.788. The first kappa shape index (κ1) is 16.1. The molecule has 24 heavy (non-hydrogen) atoms. The minimum absolute atomic E-state index is 0.0486. The van der Waals surface area contributed by atoms with E-state index < -0.39 is 11.7 Å². The Bertz CT molecular complexity index is 861. The second-order valence-electron chi connectivity index (χ2n) is 5.13. The van der Waals surface area contributed by atoms with Gasteiger partial charge in [0.05, 0.1) is 10.6 Å². The zero-order valence-electron chi connectivity index (χ0n) is 12.8. The van der Waals surface area contributed by atoms with Gasteiger partial charge < -0.3 is 9.84 Å². The van der Waals surface area contributed by atoms with Crippen molar-refractivity contribution in [2.75, 3.05) is 0 Å². The molecule has 7 heteroatoms. The van der Waals surface area contributed by atoms with Crippen molar-refractivity contribution in [2.45, 2.75) is 13.5 Å². The highest BCUT2D eigenvalue weighted by molar-refractivity contribution is 6.33. The number of aromatic amines is 1. The number of benzene rings is 1. The Balaban J connectivity index is 1.91. The van der Waals surface area contributed by atoms with Gasteiger partial charge in [-0.05, 0) is 19.1 Å². The van der Waals surface area contributed by atoms with Crippen molar-refractivity contribution in [2.24, 2.45) is 0 Å². The number of hydrogen-bond acceptors (Lipinski definition) is 3. The molecule has 3 rings (SSSR count). The maximum absolute atomic E-state index is 14.1. The van der Waals surface area contributed by atoms with Crippen LogP contribution >= 0.6 is 11.6 Å². The average Bonchev–Trinajstić information content (AvgIpc) is 2.95. The number of nitrogens with one attached hydrogen (secondary N) is 2. The third kappa shape index (κ3) is 3.14. The van der Waals surface area contributed by atoms with Gasteiger partial charge in [0.2, 0.25) is 0 Å². The molecule has 0 radical (unpaired) electrons. The van der Waals surface area contributed by atoms with Crippen molar-refractivity contribution in [3.05, 3.63) is 70.5 Å². The number of aromatic nitrogens is 2. The van der Waals surface area contributed by atoms with Crippen LogP contribution in [0.5, 0.6) is 0 Å². The Labute approximate surface area is 142 Å². The number of nitrogens with zero attached hydrogens (tertiary/aromatic N) is 1. The smallest absolute Gasteiger partial charge is 0.257 e. The Morgan fingerprint density at radius 3 is 2.88 bits per heavy atom. The van der Waals surface area contributed by atoms with E-state index in [1.807, 2.05) is 18.2 Å². The van der Waals surface area contributed by atoms with Gasteiger partial charge in [-0.15, -0.1) is 0 Å². The first-order valence-electron chi connectivity index (χ1n) is 7.22. The number of halogens is 2. The zero-order valence-corrected chi connectivity index (χ0v) is 13.5. The maximum atomic E-state index is 14.1. The number of hydrogen-bond donors (Lipinski definition) is 1. The Morgan fingerprint density at radius 1 is 1.33 bits per heavy atom. The van der Waals surface area contributed by atoms with Crippen LogP contribution in [0, 0.1) is 12.7 Å². The molecule has 3 aromatic rings. The lowest BCUT2D eigenvalue weighted by Gasteiger charge is -2.06. The van der Waals surface area contributed by atoms with Crippen LogP contribution in [0.15, 0.2) is 47.1 Å². The minimum Gasteiger partial charge on any atom is -0.360 e. The Morgan fingerprint density at radius 2 is 2.17 bits per heavy atom. The summed E-state index contributed by atoms with van der Waals surface area (Å²) in [5.41, 5.74) is 1.13. The van der Waals surface area contributed by atoms with Crippen molar-refractivity contribution < 1.29 is 18.7 Å². The van der Waals surface area contributed by atoms with E-state index in [-0.39, 0.29) is 28.4 Å². The molecule has 0 saturated heterocycles. The van der Waals surface area contributed by atoms with Gasteiger partial charge in [-0.2, -0.15) is 0 Å². The Kier molecular flexibility index (Phi) is 4.57. The SMILES string of the molecule is Cc1onc(-c2c(F)cccc2Cl)c1C(=O)NCc1cccc[nH+]1. The molecule has 5 nitrogen and oxygen atoms in total. The monoisotopic (exact) mass is 346 g/mol. The molecule has 0 bridgehead atoms. The van der Waals surface area contributed by atoms with Gasteiger partial charge in [0, 0.05) is 12.1 Å². The summed E-state index contributed by atoms with van der Waals surface area (Å²) >= 11 is 6.06. The van der Waals surface area contributed by atoms with Gasteiger partial charge >= 0.3 is 0 Å². The van der Waals surface area contributed by atoms with Crippen molar-refractivity contribution in [1.29, 1.82) is 0 Å². The molecule has 0 saturated carbocycles. The van der Waals surface area contributed by atoms with Crippen LogP contribution in [-0.4, -0.2) is 11.1 Å². The van der Waals surface area contributed by atoms with Crippen LogP contribution in [0.25, 0.3) is 11.3 Å². The molecule has 0 spiro atoms. The second kappa shape index (κ2) is 6.80. The third-order valence-corrected chi connectivity index (χ3v) is 3.82. The summed E-state index contributed by atoms with van der Waals surface area (Å²) in [4.78, 5) is 15.5. The molecule has 1 aromatic carbocycles. The van der Waals surface area contributed by atoms with Crippen LogP contribution in [-0.2, 0) is 6.54 Å². The summed E-state index contributed by atoms with van der Waals surface area (Å²) < 4.78 is 19.2. The normalized spacial score (nSPS) is 10.6. The highest BCUT2D eigenvalue weighted by Crippen LogP contribution is 2.33. The molecular weight excluding hydrogens is 333 g/mol. The maximum Gasteiger partial charge on any atom is 0.257 e. The van der Waals surface area contributed by atoms with E-state index in [1.165, 1.54) is 18.2 Å². The van der Waals surface area contributed by atoms with Crippen LogP contribution in [0.1, 0.15) is 21.8 Å². The van der Waals surface area contributed by atoms with Gasteiger partial charge in [-0.1, -0.05) is 28.9 Å². The van der Waals surface area contributed by atoms with Gasteiger partial charge in [0.25, 0.3) is 5.91 Å². The highest BCUT2D eigenvalue weighted by atomic mass is 35.5. The highest BCUT2D eigenvalue weighted by Gasteiger charge is 2.25. The lowest BCUT2D eigenvalue weighted by atomic mass is 10.0. The summed E-state index contributed by atoms with van der Waals surface area (Å²) in [6.07, 6.45) is 1.76. The largest absolute Gasteiger partial charge is 0.360 e. The number of rotatable bonds is 4. The molecule has 0 unspecified atom stereocenters. The fourth-order valence-electron chi connectivity index (χ4n) is 2.34.